The first kappa shape index (κ1) is 19.8. The molecular formula is C22H20ClN5O2. The van der Waals surface area contributed by atoms with Crippen LogP contribution < -0.4 is 10.2 Å². The Labute approximate surface area is 179 Å². The molecule has 1 saturated heterocycles. The zero-order valence-corrected chi connectivity index (χ0v) is 16.9. The molecule has 30 heavy (non-hydrogen) atoms. The van der Waals surface area contributed by atoms with Gasteiger partial charge in [-0.2, -0.15) is 0 Å². The second kappa shape index (κ2) is 8.92. The molecule has 8 heteroatoms. The number of aromatic nitrogens is 2. The molecule has 7 nitrogen and oxygen atoms in total. The third-order valence-corrected chi connectivity index (χ3v) is 5.10. The SMILES string of the molecule is O=C(Nc1ccccc1)c1ccc(N2CCN(Cc3ccc(Cl)cc3)C(=O)C2)nn1. The van der Waals surface area contributed by atoms with E-state index in [-0.39, 0.29) is 24.1 Å². The van der Waals surface area contributed by atoms with Gasteiger partial charge in [-0.15, -0.1) is 10.2 Å². The molecule has 0 aliphatic carbocycles. The minimum absolute atomic E-state index is 0.0175. The van der Waals surface area contributed by atoms with Crippen molar-refractivity contribution in [1.82, 2.24) is 15.1 Å². The number of benzene rings is 2. The molecular weight excluding hydrogens is 402 g/mol. The van der Waals surface area contributed by atoms with Gasteiger partial charge in [0.1, 0.15) is 0 Å². The first-order valence-corrected chi connectivity index (χ1v) is 9.93. The summed E-state index contributed by atoms with van der Waals surface area (Å²) in [5.74, 6) is 0.263. The summed E-state index contributed by atoms with van der Waals surface area (Å²) in [5, 5.41) is 11.6. The number of halogens is 1. The van der Waals surface area contributed by atoms with Crippen LogP contribution in [0.1, 0.15) is 16.1 Å². The molecule has 0 unspecified atom stereocenters. The molecule has 152 valence electrons. The summed E-state index contributed by atoms with van der Waals surface area (Å²) in [6.45, 7) is 1.99. The molecule has 1 N–H and O–H groups in total. The van der Waals surface area contributed by atoms with Crippen LogP contribution in [0.3, 0.4) is 0 Å². The minimum Gasteiger partial charge on any atom is -0.344 e. The fraction of sp³-hybridized carbons (Fsp3) is 0.182. The number of carbonyl (C=O) groups is 2. The Kier molecular flexibility index (Phi) is 5.90. The Hall–Kier alpha value is -3.45. The van der Waals surface area contributed by atoms with Crippen molar-refractivity contribution < 1.29 is 9.59 Å². The third-order valence-electron chi connectivity index (χ3n) is 4.84. The zero-order valence-electron chi connectivity index (χ0n) is 16.2. The van der Waals surface area contributed by atoms with Gasteiger partial charge >= 0.3 is 0 Å². The van der Waals surface area contributed by atoms with Crippen LogP contribution in [-0.4, -0.2) is 46.5 Å². The van der Waals surface area contributed by atoms with E-state index in [2.05, 4.69) is 15.5 Å². The van der Waals surface area contributed by atoms with E-state index < -0.39 is 0 Å². The fourth-order valence-electron chi connectivity index (χ4n) is 3.21. The van der Waals surface area contributed by atoms with Crippen LogP contribution in [0.15, 0.2) is 66.7 Å². The summed E-state index contributed by atoms with van der Waals surface area (Å²) in [6.07, 6.45) is 0. The summed E-state index contributed by atoms with van der Waals surface area (Å²) in [5.41, 5.74) is 1.95. The summed E-state index contributed by atoms with van der Waals surface area (Å²) in [4.78, 5) is 28.6. The highest BCUT2D eigenvalue weighted by Gasteiger charge is 2.25. The number of piperazine rings is 1. The predicted molar refractivity (Wildman–Crippen MR) is 116 cm³/mol. The molecule has 2 aromatic carbocycles. The van der Waals surface area contributed by atoms with Gasteiger partial charge in [-0.3, -0.25) is 9.59 Å². The van der Waals surface area contributed by atoms with Gasteiger partial charge in [0, 0.05) is 30.3 Å². The lowest BCUT2D eigenvalue weighted by Gasteiger charge is -2.34. The highest BCUT2D eigenvalue weighted by Crippen LogP contribution is 2.17. The van der Waals surface area contributed by atoms with Crippen molar-refractivity contribution in [3.05, 3.63) is 83.0 Å². The maximum atomic E-state index is 12.6. The maximum Gasteiger partial charge on any atom is 0.276 e. The fourth-order valence-corrected chi connectivity index (χ4v) is 3.34. The quantitative estimate of drug-likeness (QED) is 0.684. The lowest BCUT2D eigenvalue weighted by molar-refractivity contribution is -0.131. The summed E-state index contributed by atoms with van der Waals surface area (Å²) in [6, 6.07) is 20.0. The number of nitrogens with one attached hydrogen (secondary N) is 1. The Bertz CT molecular complexity index is 1030. The molecule has 2 amide bonds. The van der Waals surface area contributed by atoms with Crippen molar-refractivity contribution in [3.8, 4) is 0 Å². The Balaban J connectivity index is 1.35. The third kappa shape index (κ3) is 4.75. The molecule has 0 saturated carbocycles. The van der Waals surface area contributed by atoms with E-state index >= 15 is 0 Å². The van der Waals surface area contributed by atoms with E-state index in [4.69, 9.17) is 11.6 Å². The second-order valence-electron chi connectivity index (χ2n) is 6.96. The average molecular weight is 422 g/mol. The predicted octanol–water partition coefficient (Wildman–Crippen LogP) is 3.23. The van der Waals surface area contributed by atoms with Crippen molar-refractivity contribution in [2.24, 2.45) is 0 Å². The number of hydrogen-bond acceptors (Lipinski definition) is 5. The van der Waals surface area contributed by atoms with Crippen LogP contribution >= 0.6 is 11.6 Å². The van der Waals surface area contributed by atoms with Gasteiger partial charge in [-0.05, 0) is 42.0 Å². The molecule has 2 heterocycles. The average Bonchev–Trinajstić information content (AvgIpc) is 2.77. The molecule has 0 spiro atoms. The van der Waals surface area contributed by atoms with Crippen molar-refractivity contribution >= 4 is 34.9 Å². The largest absolute Gasteiger partial charge is 0.344 e. The zero-order chi connectivity index (χ0) is 20.9. The highest BCUT2D eigenvalue weighted by atomic mass is 35.5. The lowest BCUT2D eigenvalue weighted by Crippen LogP contribution is -2.50. The van der Waals surface area contributed by atoms with Crippen LogP contribution in [0.25, 0.3) is 0 Å². The molecule has 1 aromatic heterocycles. The van der Waals surface area contributed by atoms with Gasteiger partial charge < -0.3 is 15.1 Å². The number of amides is 2. The summed E-state index contributed by atoms with van der Waals surface area (Å²) < 4.78 is 0. The van der Waals surface area contributed by atoms with Gasteiger partial charge in [-0.1, -0.05) is 41.9 Å². The highest BCUT2D eigenvalue weighted by molar-refractivity contribution is 6.30. The van der Waals surface area contributed by atoms with Gasteiger partial charge in [-0.25, -0.2) is 0 Å². The van der Waals surface area contributed by atoms with E-state index in [9.17, 15) is 9.59 Å². The van der Waals surface area contributed by atoms with Crippen LogP contribution in [0.5, 0.6) is 0 Å². The topological polar surface area (TPSA) is 78.4 Å². The minimum atomic E-state index is -0.330. The normalized spacial score (nSPS) is 14.0. The lowest BCUT2D eigenvalue weighted by atomic mass is 10.2. The molecule has 1 aliphatic rings. The van der Waals surface area contributed by atoms with Crippen LogP contribution in [0, 0.1) is 0 Å². The first-order valence-electron chi connectivity index (χ1n) is 9.56. The van der Waals surface area contributed by atoms with Gasteiger partial charge in [0.15, 0.2) is 11.5 Å². The smallest absolute Gasteiger partial charge is 0.276 e. The van der Waals surface area contributed by atoms with E-state index in [0.29, 0.717) is 36.2 Å². The van der Waals surface area contributed by atoms with E-state index in [1.165, 1.54) is 0 Å². The molecule has 4 rings (SSSR count). The van der Waals surface area contributed by atoms with Crippen molar-refractivity contribution in [3.63, 3.8) is 0 Å². The number of nitrogens with zero attached hydrogens (tertiary/aromatic N) is 4. The molecule has 3 aromatic rings. The van der Waals surface area contributed by atoms with Crippen LogP contribution in [0.2, 0.25) is 5.02 Å². The number of rotatable bonds is 5. The van der Waals surface area contributed by atoms with E-state index in [0.717, 1.165) is 5.56 Å². The summed E-state index contributed by atoms with van der Waals surface area (Å²) >= 11 is 5.92. The second-order valence-corrected chi connectivity index (χ2v) is 7.40. The van der Waals surface area contributed by atoms with E-state index in [1.54, 1.807) is 24.3 Å². The van der Waals surface area contributed by atoms with E-state index in [1.807, 2.05) is 52.3 Å². The van der Waals surface area contributed by atoms with Crippen LogP contribution in [0.4, 0.5) is 11.5 Å². The first-order chi connectivity index (χ1) is 14.6. The van der Waals surface area contributed by atoms with Gasteiger partial charge in [0.05, 0.1) is 6.54 Å². The number of para-hydroxylation sites is 1. The van der Waals surface area contributed by atoms with Crippen LogP contribution in [-0.2, 0) is 11.3 Å². The summed E-state index contributed by atoms with van der Waals surface area (Å²) in [7, 11) is 0. The van der Waals surface area contributed by atoms with Crippen molar-refractivity contribution in [2.45, 2.75) is 6.54 Å². The number of hydrogen-bond donors (Lipinski definition) is 1. The monoisotopic (exact) mass is 421 g/mol. The van der Waals surface area contributed by atoms with Gasteiger partial charge in [0.25, 0.3) is 5.91 Å². The van der Waals surface area contributed by atoms with Crippen molar-refractivity contribution in [1.29, 1.82) is 0 Å². The van der Waals surface area contributed by atoms with Gasteiger partial charge in [0.2, 0.25) is 5.91 Å². The number of carbonyl (C=O) groups excluding carboxylic acids is 2. The maximum absolute atomic E-state index is 12.6. The Morgan fingerprint density at radius 1 is 0.967 bits per heavy atom. The Morgan fingerprint density at radius 3 is 2.40 bits per heavy atom. The standard InChI is InChI=1S/C22H20ClN5O2/c23-17-8-6-16(7-9-17)14-28-13-12-27(15-21(28)29)20-11-10-19(25-26-20)22(30)24-18-4-2-1-3-5-18/h1-11H,12-15H2,(H,24,30). The number of anilines is 2. The molecule has 0 atom stereocenters. The molecule has 1 aliphatic heterocycles. The molecule has 0 radical (unpaired) electrons. The Morgan fingerprint density at radius 2 is 1.73 bits per heavy atom. The van der Waals surface area contributed by atoms with Crippen molar-refractivity contribution in [2.75, 3.05) is 29.9 Å². The molecule has 0 bridgehead atoms. The molecule has 1 fully saturated rings.